The van der Waals surface area contributed by atoms with Crippen molar-refractivity contribution in [3.05, 3.63) is 48.7 Å². The van der Waals surface area contributed by atoms with Crippen LogP contribution in [0.15, 0.2) is 43.1 Å². The largest absolute Gasteiger partial charge is 0.380 e. The van der Waals surface area contributed by atoms with E-state index in [1.807, 2.05) is 24.4 Å². The lowest BCUT2D eigenvalue weighted by atomic mass is 10.2. The number of benzene rings is 1. The van der Waals surface area contributed by atoms with E-state index in [1.165, 1.54) is 6.33 Å². The summed E-state index contributed by atoms with van der Waals surface area (Å²) in [5.74, 6) is 0. The van der Waals surface area contributed by atoms with E-state index in [2.05, 4.69) is 25.5 Å². The lowest BCUT2D eigenvalue weighted by Crippen LogP contribution is -2.00. The van der Waals surface area contributed by atoms with Gasteiger partial charge in [-0.15, -0.1) is 0 Å². The summed E-state index contributed by atoms with van der Waals surface area (Å²) in [6.07, 6.45) is 6.95. The van der Waals surface area contributed by atoms with Crippen LogP contribution in [0, 0.1) is 0 Å². The van der Waals surface area contributed by atoms with Gasteiger partial charge in [0.1, 0.15) is 6.33 Å². The Balaban J connectivity index is 1.84. The van der Waals surface area contributed by atoms with Gasteiger partial charge in [0.25, 0.3) is 0 Å². The molecule has 0 aliphatic heterocycles. The number of hydrogen-bond acceptors (Lipinski definition) is 4. The molecule has 5 nitrogen and oxygen atoms in total. The minimum absolute atomic E-state index is 0.700. The molecule has 3 aromatic rings. The Labute approximate surface area is 97.9 Å². The highest BCUT2D eigenvalue weighted by Gasteiger charge is 2.01. The van der Waals surface area contributed by atoms with Gasteiger partial charge >= 0.3 is 0 Å². The highest BCUT2D eigenvalue weighted by molar-refractivity contribution is 5.90. The molecular formula is C12H11N5. The van der Waals surface area contributed by atoms with Crippen LogP contribution in [0.25, 0.3) is 10.9 Å². The molecule has 0 aliphatic rings. The number of hydrogen-bond donors (Lipinski definition) is 2. The molecule has 3 rings (SSSR count). The monoisotopic (exact) mass is 225 g/mol. The van der Waals surface area contributed by atoms with Gasteiger partial charge in [0.05, 0.1) is 11.7 Å². The van der Waals surface area contributed by atoms with E-state index >= 15 is 0 Å². The molecule has 5 heteroatoms. The number of aromatic amines is 1. The molecule has 2 heterocycles. The van der Waals surface area contributed by atoms with Gasteiger partial charge in [-0.1, -0.05) is 6.07 Å². The maximum Gasteiger partial charge on any atom is 0.115 e. The zero-order valence-corrected chi connectivity index (χ0v) is 9.09. The molecule has 0 fully saturated rings. The Morgan fingerprint density at radius 2 is 2.00 bits per heavy atom. The summed E-state index contributed by atoms with van der Waals surface area (Å²) >= 11 is 0. The van der Waals surface area contributed by atoms with Crippen molar-refractivity contribution in [2.24, 2.45) is 0 Å². The van der Waals surface area contributed by atoms with Crippen molar-refractivity contribution >= 4 is 16.6 Å². The summed E-state index contributed by atoms with van der Waals surface area (Å²) in [6, 6.07) is 6.02. The van der Waals surface area contributed by atoms with Gasteiger partial charge in [-0.2, -0.15) is 5.10 Å². The second kappa shape index (κ2) is 4.21. The summed E-state index contributed by atoms with van der Waals surface area (Å²) in [4.78, 5) is 7.96. The standard InChI is InChI=1S/C12H11N5/c1-2-11(10-7-16-17-12(10)3-1)15-6-9-4-13-8-14-5-9/h1-5,7-8,15H,6H2,(H,16,17). The first-order valence-electron chi connectivity index (χ1n) is 5.33. The fourth-order valence-corrected chi connectivity index (χ4v) is 1.74. The number of nitrogens with zero attached hydrogens (tertiary/aromatic N) is 3. The summed E-state index contributed by atoms with van der Waals surface area (Å²) < 4.78 is 0. The summed E-state index contributed by atoms with van der Waals surface area (Å²) in [5.41, 5.74) is 3.13. The number of H-pyrrole nitrogens is 1. The van der Waals surface area contributed by atoms with Crippen molar-refractivity contribution in [1.82, 2.24) is 20.2 Å². The number of rotatable bonds is 3. The Morgan fingerprint density at radius 1 is 1.12 bits per heavy atom. The van der Waals surface area contributed by atoms with Crippen molar-refractivity contribution in [3.8, 4) is 0 Å². The van der Waals surface area contributed by atoms with Gasteiger partial charge in [-0.25, -0.2) is 9.97 Å². The van der Waals surface area contributed by atoms with Crippen molar-refractivity contribution in [3.63, 3.8) is 0 Å². The lowest BCUT2D eigenvalue weighted by Gasteiger charge is -2.06. The first-order chi connectivity index (χ1) is 8.43. The fraction of sp³-hybridized carbons (Fsp3) is 0.0833. The molecule has 2 N–H and O–H groups in total. The molecular weight excluding hydrogens is 214 g/mol. The molecule has 0 amide bonds. The molecule has 0 saturated carbocycles. The predicted octanol–water partition coefficient (Wildman–Crippen LogP) is 1.96. The van der Waals surface area contributed by atoms with E-state index in [4.69, 9.17) is 0 Å². The number of aromatic nitrogens is 4. The molecule has 0 aliphatic carbocycles. The van der Waals surface area contributed by atoms with Crippen LogP contribution in [0.1, 0.15) is 5.56 Å². The van der Waals surface area contributed by atoms with Crippen molar-refractivity contribution in [2.75, 3.05) is 5.32 Å². The highest BCUT2D eigenvalue weighted by atomic mass is 15.1. The molecule has 0 bridgehead atoms. The number of nitrogens with one attached hydrogen (secondary N) is 2. The van der Waals surface area contributed by atoms with Crippen molar-refractivity contribution in [2.45, 2.75) is 6.54 Å². The van der Waals surface area contributed by atoms with Crippen LogP contribution in [0.4, 0.5) is 5.69 Å². The van der Waals surface area contributed by atoms with Gasteiger partial charge in [0, 0.05) is 35.6 Å². The molecule has 0 spiro atoms. The van der Waals surface area contributed by atoms with E-state index in [1.54, 1.807) is 12.4 Å². The van der Waals surface area contributed by atoms with E-state index in [0.717, 1.165) is 22.2 Å². The smallest absolute Gasteiger partial charge is 0.115 e. The van der Waals surface area contributed by atoms with Crippen molar-refractivity contribution < 1.29 is 0 Å². The van der Waals surface area contributed by atoms with Crippen molar-refractivity contribution in [1.29, 1.82) is 0 Å². The molecule has 84 valence electrons. The fourth-order valence-electron chi connectivity index (χ4n) is 1.74. The SMILES string of the molecule is c1cc(NCc2cncnc2)c2cn[nH]c2c1. The van der Waals surface area contributed by atoms with Crippen LogP contribution in [0.2, 0.25) is 0 Å². The van der Waals surface area contributed by atoms with Crippen LogP contribution >= 0.6 is 0 Å². The van der Waals surface area contributed by atoms with Crippen LogP contribution in [0.3, 0.4) is 0 Å². The zero-order chi connectivity index (χ0) is 11.5. The third-order valence-electron chi connectivity index (χ3n) is 2.58. The van der Waals surface area contributed by atoms with Gasteiger partial charge in [0.2, 0.25) is 0 Å². The maximum absolute atomic E-state index is 4.03. The minimum atomic E-state index is 0.700. The Kier molecular flexibility index (Phi) is 2.42. The molecule has 0 radical (unpaired) electrons. The first-order valence-corrected chi connectivity index (χ1v) is 5.33. The molecule has 2 aromatic heterocycles. The predicted molar refractivity (Wildman–Crippen MR) is 65.5 cm³/mol. The Morgan fingerprint density at radius 3 is 2.88 bits per heavy atom. The Hall–Kier alpha value is -2.43. The second-order valence-electron chi connectivity index (χ2n) is 3.74. The third-order valence-corrected chi connectivity index (χ3v) is 2.58. The van der Waals surface area contributed by atoms with Crippen LogP contribution < -0.4 is 5.32 Å². The average Bonchev–Trinajstić information content (AvgIpc) is 2.86. The quantitative estimate of drug-likeness (QED) is 0.715. The highest BCUT2D eigenvalue weighted by Crippen LogP contribution is 2.21. The summed E-state index contributed by atoms with van der Waals surface area (Å²) in [5, 5.41) is 11.4. The van der Waals surface area contributed by atoms with Gasteiger partial charge in [0.15, 0.2) is 0 Å². The van der Waals surface area contributed by atoms with Gasteiger partial charge in [-0.3, -0.25) is 5.10 Å². The van der Waals surface area contributed by atoms with E-state index in [-0.39, 0.29) is 0 Å². The lowest BCUT2D eigenvalue weighted by molar-refractivity contribution is 1.05. The minimum Gasteiger partial charge on any atom is -0.380 e. The molecule has 1 aromatic carbocycles. The van der Waals surface area contributed by atoms with E-state index in [9.17, 15) is 0 Å². The summed E-state index contributed by atoms with van der Waals surface area (Å²) in [7, 11) is 0. The second-order valence-corrected chi connectivity index (χ2v) is 3.74. The normalized spacial score (nSPS) is 10.6. The topological polar surface area (TPSA) is 66.5 Å². The molecule has 0 atom stereocenters. The van der Waals surface area contributed by atoms with Crippen LogP contribution in [0.5, 0.6) is 0 Å². The Bertz CT molecular complexity index is 617. The zero-order valence-electron chi connectivity index (χ0n) is 9.09. The first kappa shape index (κ1) is 9.77. The summed E-state index contributed by atoms with van der Waals surface area (Å²) in [6.45, 7) is 0.700. The molecule has 0 saturated heterocycles. The van der Waals surface area contributed by atoms with Gasteiger partial charge < -0.3 is 5.32 Å². The number of anilines is 1. The molecule has 0 unspecified atom stereocenters. The van der Waals surface area contributed by atoms with Crippen LogP contribution in [-0.4, -0.2) is 20.2 Å². The van der Waals surface area contributed by atoms with E-state index < -0.39 is 0 Å². The van der Waals surface area contributed by atoms with E-state index in [0.29, 0.717) is 6.54 Å². The third kappa shape index (κ3) is 1.94. The molecule has 17 heavy (non-hydrogen) atoms. The van der Waals surface area contributed by atoms with Crippen LogP contribution in [-0.2, 0) is 6.54 Å². The number of fused-ring (bicyclic) bond motifs is 1. The van der Waals surface area contributed by atoms with Gasteiger partial charge in [-0.05, 0) is 12.1 Å². The average molecular weight is 225 g/mol. The maximum atomic E-state index is 4.03.